The highest BCUT2D eigenvalue weighted by Crippen LogP contribution is 2.48. The predicted molar refractivity (Wildman–Crippen MR) is 104 cm³/mol. The molecule has 0 unspecified atom stereocenters. The minimum atomic E-state index is -1.13. The molecule has 2 aliphatic heterocycles. The molecule has 0 aliphatic carbocycles. The van der Waals surface area contributed by atoms with Crippen molar-refractivity contribution in [3.05, 3.63) is 29.8 Å². The lowest BCUT2D eigenvalue weighted by Gasteiger charge is -2.40. The molecule has 2 aliphatic rings. The van der Waals surface area contributed by atoms with E-state index in [-0.39, 0.29) is 0 Å². The third-order valence-corrected chi connectivity index (χ3v) is 8.40. The van der Waals surface area contributed by atoms with Gasteiger partial charge in [-0.2, -0.15) is 0 Å². The molecule has 2 bridgehead atoms. The summed E-state index contributed by atoms with van der Waals surface area (Å²) in [5.41, 5.74) is 1.56. The standard InChI is InChI=1S/C20H33BSi/c1-22(2,3)20-14-12-17(13-15-20)7-6-16-21-18-8-4-9-19(21)11-5-10-18/h12-15,18-19H,4-11,16H2,1-3H3. The number of aryl methyl sites for hydroxylation is 1. The molecule has 0 saturated carbocycles. The summed E-state index contributed by atoms with van der Waals surface area (Å²) in [6.45, 7) is 8.38. The highest BCUT2D eigenvalue weighted by atomic mass is 28.3. The summed E-state index contributed by atoms with van der Waals surface area (Å²) < 4.78 is 0. The highest BCUT2D eigenvalue weighted by molar-refractivity contribution is 6.88. The van der Waals surface area contributed by atoms with Crippen molar-refractivity contribution in [1.82, 2.24) is 0 Å². The van der Waals surface area contributed by atoms with E-state index >= 15 is 0 Å². The first kappa shape index (κ1) is 16.4. The summed E-state index contributed by atoms with van der Waals surface area (Å²) >= 11 is 0. The second-order valence-electron chi connectivity index (χ2n) is 8.88. The molecule has 0 N–H and O–H groups in total. The van der Waals surface area contributed by atoms with Crippen molar-refractivity contribution in [3.8, 4) is 0 Å². The van der Waals surface area contributed by atoms with E-state index in [9.17, 15) is 0 Å². The Hall–Kier alpha value is -0.498. The van der Waals surface area contributed by atoms with E-state index in [1.807, 2.05) is 0 Å². The first-order valence-corrected chi connectivity index (χ1v) is 13.1. The molecule has 0 amide bonds. The van der Waals surface area contributed by atoms with E-state index in [2.05, 4.69) is 43.9 Å². The summed E-state index contributed by atoms with van der Waals surface area (Å²) in [5.74, 6) is 2.17. The third-order valence-electron chi connectivity index (χ3n) is 6.33. The van der Waals surface area contributed by atoms with Gasteiger partial charge in [0.25, 0.3) is 0 Å². The van der Waals surface area contributed by atoms with Crippen LogP contribution in [0.25, 0.3) is 0 Å². The van der Waals surface area contributed by atoms with E-state index < -0.39 is 8.07 Å². The molecule has 2 heteroatoms. The Bertz CT molecular complexity index is 451. The van der Waals surface area contributed by atoms with E-state index in [0.717, 1.165) is 18.3 Å². The molecule has 0 spiro atoms. The third kappa shape index (κ3) is 3.88. The van der Waals surface area contributed by atoms with Gasteiger partial charge in [0.2, 0.25) is 0 Å². The molecule has 0 aromatic heterocycles. The van der Waals surface area contributed by atoms with E-state index in [0.29, 0.717) is 0 Å². The molecule has 120 valence electrons. The van der Waals surface area contributed by atoms with Gasteiger partial charge in [0.1, 0.15) is 6.71 Å². The molecular formula is C20H33BSi. The maximum atomic E-state index is 2.43. The molecule has 1 aromatic carbocycles. The molecule has 1 aromatic rings. The van der Waals surface area contributed by atoms with Crippen LogP contribution >= 0.6 is 0 Å². The highest BCUT2D eigenvalue weighted by Gasteiger charge is 2.38. The number of benzene rings is 1. The maximum absolute atomic E-state index is 2.43. The fourth-order valence-electron chi connectivity index (χ4n) is 5.00. The predicted octanol–water partition coefficient (Wildman–Crippen LogP) is 5.77. The molecule has 0 radical (unpaired) electrons. The zero-order chi connectivity index (χ0) is 15.6. The number of hydrogen-bond donors (Lipinski definition) is 0. The fraction of sp³-hybridized carbons (Fsp3) is 0.700. The molecule has 2 heterocycles. The van der Waals surface area contributed by atoms with Crippen LogP contribution in [-0.4, -0.2) is 14.8 Å². The van der Waals surface area contributed by atoms with Crippen molar-refractivity contribution < 1.29 is 0 Å². The van der Waals surface area contributed by atoms with Gasteiger partial charge in [-0.25, -0.2) is 0 Å². The van der Waals surface area contributed by atoms with Gasteiger partial charge in [-0.1, -0.05) is 112 Å². The van der Waals surface area contributed by atoms with Gasteiger partial charge in [-0.05, 0) is 12.0 Å². The Labute approximate surface area is 139 Å². The van der Waals surface area contributed by atoms with Gasteiger partial charge in [-0.15, -0.1) is 0 Å². The van der Waals surface area contributed by atoms with Crippen LogP contribution < -0.4 is 5.19 Å². The minimum Gasteiger partial charge on any atom is -0.0734 e. The van der Waals surface area contributed by atoms with E-state index in [1.165, 1.54) is 57.7 Å². The van der Waals surface area contributed by atoms with Gasteiger partial charge in [0.15, 0.2) is 0 Å². The van der Waals surface area contributed by atoms with Crippen molar-refractivity contribution in [2.45, 2.75) is 89.0 Å². The Morgan fingerprint density at radius 3 is 1.95 bits per heavy atom. The van der Waals surface area contributed by atoms with Gasteiger partial charge in [-0.3, -0.25) is 0 Å². The summed E-state index contributed by atoms with van der Waals surface area (Å²) in [6.07, 6.45) is 13.4. The lowest BCUT2D eigenvalue weighted by atomic mass is 9.26. The molecule has 2 saturated heterocycles. The van der Waals surface area contributed by atoms with Gasteiger partial charge in [0.05, 0.1) is 8.07 Å². The SMILES string of the molecule is C[Si](C)(C)c1ccc(CCCB2C3CCCC2CCC3)cc1. The topological polar surface area (TPSA) is 0 Å². The van der Waals surface area contributed by atoms with Crippen LogP contribution in [0.5, 0.6) is 0 Å². The zero-order valence-electron chi connectivity index (χ0n) is 14.9. The van der Waals surface area contributed by atoms with Crippen LogP contribution in [0.1, 0.15) is 50.5 Å². The first-order chi connectivity index (χ1) is 10.5. The summed E-state index contributed by atoms with van der Waals surface area (Å²) in [6, 6.07) is 9.60. The second-order valence-corrected chi connectivity index (χ2v) is 14.0. The Balaban J connectivity index is 1.50. The molecule has 2 fully saturated rings. The fourth-order valence-corrected chi connectivity index (χ4v) is 6.17. The van der Waals surface area contributed by atoms with Crippen molar-refractivity contribution >= 4 is 20.0 Å². The van der Waals surface area contributed by atoms with Crippen LogP contribution in [0.3, 0.4) is 0 Å². The monoisotopic (exact) mass is 312 g/mol. The van der Waals surface area contributed by atoms with Crippen molar-refractivity contribution in [2.24, 2.45) is 0 Å². The lowest BCUT2D eigenvalue weighted by Crippen LogP contribution is -2.37. The van der Waals surface area contributed by atoms with Crippen molar-refractivity contribution in [2.75, 3.05) is 0 Å². The minimum absolute atomic E-state index is 1.07. The Morgan fingerprint density at radius 2 is 1.45 bits per heavy atom. The van der Waals surface area contributed by atoms with Crippen LogP contribution in [0.15, 0.2) is 24.3 Å². The average molecular weight is 312 g/mol. The summed E-state index contributed by atoms with van der Waals surface area (Å²) in [4.78, 5) is 0. The molecule has 22 heavy (non-hydrogen) atoms. The van der Waals surface area contributed by atoms with Gasteiger partial charge >= 0.3 is 0 Å². The van der Waals surface area contributed by atoms with E-state index in [4.69, 9.17) is 0 Å². The second kappa shape index (κ2) is 6.95. The van der Waals surface area contributed by atoms with Crippen molar-refractivity contribution in [1.29, 1.82) is 0 Å². The molecular weight excluding hydrogens is 279 g/mol. The number of fused-ring (bicyclic) bond motifs is 2. The number of hydrogen-bond acceptors (Lipinski definition) is 0. The number of rotatable bonds is 5. The molecule has 0 nitrogen and oxygen atoms in total. The van der Waals surface area contributed by atoms with Crippen LogP contribution in [0, 0.1) is 0 Å². The van der Waals surface area contributed by atoms with Gasteiger partial charge in [0, 0.05) is 0 Å². The maximum Gasteiger partial charge on any atom is 0.146 e. The van der Waals surface area contributed by atoms with Crippen LogP contribution in [0.4, 0.5) is 0 Å². The van der Waals surface area contributed by atoms with Crippen LogP contribution in [0.2, 0.25) is 37.6 Å². The normalized spacial score (nSPS) is 25.3. The molecule has 0 atom stereocenters. The average Bonchev–Trinajstić information content (AvgIpc) is 2.46. The quantitative estimate of drug-likeness (QED) is 0.606. The zero-order valence-corrected chi connectivity index (χ0v) is 15.9. The largest absolute Gasteiger partial charge is 0.146 e. The van der Waals surface area contributed by atoms with Crippen LogP contribution in [-0.2, 0) is 6.42 Å². The smallest absolute Gasteiger partial charge is 0.0734 e. The van der Waals surface area contributed by atoms with Gasteiger partial charge < -0.3 is 0 Å². The summed E-state index contributed by atoms with van der Waals surface area (Å²) in [5, 5.41) is 1.60. The first-order valence-electron chi connectivity index (χ1n) is 9.63. The summed E-state index contributed by atoms with van der Waals surface area (Å²) in [7, 11) is -1.13. The lowest BCUT2D eigenvalue weighted by molar-refractivity contribution is 0.440. The van der Waals surface area contributed by atoms with E-state index in [1.54, 1.807) is 10.8 Å². The molecule has 3 rings (SSSR count). The Kier molecular flexibility index (Phi) is 5.17. The Morgan fingerprint density at radius 1 is 0.909 bits per heavy atom. The van der Waals surface area contributed by atoms with Crippen molar-refractivity contribution in [3.63, 3.8) is 0 Å².